The van der Waals surface area contributed by atoms with E-state index < -0.39 is 0 Å². The van der Waals surface area contributed by atoms with E-state index in [9.17, 15) is 0 Å². The normalized spacial score (nSPS) is 13.8. The first-order valence-corrected chi connectivity index (χ1v) is 7.77. The van der Waals surface area contributed by atoms with Gasteiger partial charge in [-0.05, 0) is 37.0 Å². The third-order valence-corrected chi connectivity index (χ3v) is 4.12. The minimum absolute atomic E-state index is 0.440. The first kappa shape index (κ1) is 14.0. The van der Waals surface area contributed by atoms with Crippen molar-refractivity contribution in [1.29, 1.82) is 0 Å². The standard InChI is InChI=1S/C17H17N3O3/c1-21-12-6-4-5-11(9-12)10-15-18-17(23-19-15)16-13-7-2-3-8-14(13)22-20-16/h4-6,9H,2-3,7-8,10H2,1H3. The minimum Gasteiger partial charge on any atom is -0.497 e. The highest BCUT2D eigenvalue weighted by Gasteiger charge is 2.24. The Hall–Kier alpha value is -2.63. The van der Waals surface area contributed by atoms with Crippen LogP contribution >= 0.6 is 0 Å². The van der Waals surface area contributed by atoms with Crippen molar-refractivity contribution in [2.24, 2.45) is 0 Å². The van der Waals surface area contributed by atoms with E-state index in [0.717, 1.165) is 48.3 Å². The van der Waals surface area contributed by atoms with E-state index in [0.29, 0.717) is 23.8 Å². The van der Waals surface area contributed by atoms with E-state index >= 15 is 0 Å². The number of aryl methyl sites for hydroxylation is 1. The Bertz CT molecular complexity index is 822. The molecule has 0 radical (unpaired) electrons. The van der Waals surface area contributed by atoms with Crippen LogP contribution in [0.1, 0.15) is 35.6 Å². The molecule has 1 aromatic carbocycles. The van der Waals surface area contributed by atoms with Gasteiger partial charge in [-0.3, -0.25) is 0 Å². The van der Waals surface area contributed by atoms with Gasteiger partial charge in [-0.15, -0.1) is 0 Å². The number of aromatic nitrogens is 3. The Morgan fingerprint density at radius 2 is 2.04 bits per heavy atom. The third-order valence-electron chi connectivity index (χ3n) is 4.12. The first-order valence-electron chi connectivity index (χ1n) is 7.77. The average Bonchev–Trinajstić information content (AvgIpc) is 3.21. The van der Waals surface area contributed by atoms with E-state index in [-0.39, 0.29) is 0 Å². The Morgan fingerprint density at radius 1 is 1.13 bits per heavy atom. The van der Waals surface area contributed by atoms with Crippen molar-refractivity contribution in [3.63, 3.8) is 0 Å². The number of rotatable bonds is 4. The maximum absolute atomic E-state index is 5.41. The minimum atomic E-state index is 0.440. The van der Waals surface area contributed by atoms with E-state index in [1.165, 1.54) is 0 Å². The van der Waals surface area contributed by atoms with Crippen molar-refractivity contribution >= 4 is 0 Å². The maximum atomic E-state index is 5.41. The van der Waals surface area contributed by atoms with E-state index in [2.05, 4.69) is 15.3 Å². The van der Waals surface area contributed by atoms with Gasteiger partial charge in [0.1, 0.15) is 11.5 Å². The highest BCUT2D eigenvalue weighted by atomic mass is 16.5. The van der Waals surface area contributed by atoms with Gasteiger partial charge < -0.3 is 13.8 Å². The summed E-state index contributed by atoms with van der Waals surface area (Å²) in [5.41, 5.74) is 2.89. The molecule has 1 aliphatic rings. The lowest BCUT2D eigenvalue weighted by molar-refractivity contribution is 0.369. The summed E-state index contributed by atoms with van der Waals surface area (Å²) in [7, 11) is 1.65. The van der Waals surface area contributed by atoms with Crippen LogP contribution in [0.4, 0.5) is 0 Å². The average molecular weight is 311 g/mol. The summed E-state index contributed by atoms with van der Waals surface area (Å²) in [6.45, 7) is 0. The number of ether oxygens (including phenoxy) is 1. The molecule has 0 N–H and O–H groups in total. The molecule has 0 bridgehead atoms. The van der Waals surface area contributed by atoms with E-state index in [1.54, 1.807) is 7.11 Å². The molecule has 0 saturated carbocycles. The van der Waals surface area contributed by atoms with Crippen LogP contribution in [0.3, 0.4) is 0 Å². The largest absolute Gasteiger partial charge is 0.497 e. The van der Waals surface area contributed by atoms with Crippen LogP contribution in [-0.2, 0) is 19.3 Å². The quantitative estimate of drug-likeness (QED) is 0.736. The van der Waals surface area contributed by atoms with Crippen LogP contribution in [0.25, 0.3) is 11.6 Å². The summed E-state index contributed by atoms with van der Waals surface area (Å²) in [5, 5.41) is 8.19. The molecule has 0 spiro atoms. The van der Waals surface area contributed by atoms with Gasteiger partial charge in [0.25, 0.3) is 5.89 Å². The number of fused-ring (bicyclic) bond motifs is 1. The monoisotopic (exact) mass is 311 g/mol. The molecule has 0 atom stereocenters. The Balaban J connectivity index is 1.58. The van der Waals surface area contributed by atoms with Gasteiger partial charge >= 0.3 is 0 Å². The van der Waals surface area contributed by atoms with Gasteiger partial charge in [-0.2, -0.15) is 4.98 Å². The highest BCUT2D eigenvalue weighted by molar-refractivity contribution is 5.54. The Labute approximate surface area is 133 Å². The lowest BCUT2D eigenvalue weighted by Gasteiger charge is -2.07. The first-order chi connectivity index (χ1) is 11.3. The second kappa shape index (κ2) is 5.87. The molecular weight excluding hydrogens is 294 g/mol. The zero-order chi connectivity index (χ0) is 15.6. The smallest absolute Gasteiger partial charge is 0.280 e. The molecule has 23 heavy (non-hydrogen) atoms. The second-order valence-corrected chi connectivity index (χ2v) is 5.68. The Kier molecular flexibility index (Phi) is 3.57. The topological polar surface area (TPSA) is 74.2 Å². The molecule has 3 aromatic rings. The summed E-state index contributed by atoms with van der Waals surface area (Å²) >= 11 is 0. The Morgan fingerprint density at radius 3 is 2.96 bits per heavy atom. The van der Waals surface area contributed by atoms with E-state index in [4.69, 9.17) is 13.8 Å². The number of benzene rings is 1. The van der Waals surface area contributed by atoms with Crippen LogP contribution in [0.5, 0.6) is 5.75 Å². The lowest BCUT2D eigenvalue weighted by Crippen LogP contribution is -2.00. The van der Waals surface area contributed by atoms with Crippen molar-refractivity contribution in [2.45, 2.75) is 32.1 Å². The fourth-order valence-electron chi connectivity index (χ4n) is 2.94. The lowest BCUT2D eigenvalue weighted by atomic mass is 9.96. The maximum Gasteiger partial charge on any atom is 0.280 e. The fourth-order valence-corrected chi connectivity index (χ4v) is 2.94. The second-order valence-electron chi connectivity index (χ2n) is 5.68. The molecule has 6 heteroatoms. The molecule has 0 saturated heterocycles. The molecule has 0 unspecified atom stereocenters. The highest BCUT2D eigenvalue weighted by Crippen LogP contribution is 2.30. The molecule has 0 aliphatic heterocycles. The predicted molar refractivity (Wildman–Crippen MR) is 82.2 cm³/mol. The van der Waals surface area contributed by atoms with Crippen molar-refractivity contribution in [1.82, 2.24) is 15.3 Å². The molecule has 118 valence electrons. The summed E-state index contributed by atoms with van der Waals surface area (Å²) in [6.07, 6.45) is 4.77. The molecule has 6 nitrogen and oxygen atoms in total. The summed E-state index contributed by atoms with van der Waals surface area (Å²) in [4.78, 5) is 4.47. The zero-order valence-corrected chi connectivity index (χ0v) is 12.9. The molecule has 0 amide bonds. The number of methoxy groups -OCH3 is 1. The van der Waals surface area contributed by atoms with Crippen LogP contribution in [0, 0.1) is 0 Å². The molecule has 0 fully saturated rings. The number of hydrogen-bond donors (Lipinski definition) is 0. The molecule has 4 rings (SSSR count). The van der Waals surface area contributed by atoms with Crippen LogP contribution in [0.15, 0.2) is 33.3 Å². The van der Waals surface area contributed by atoms with Gasteiger partial charge in [-0.1, -0.05) is 22.4 Å². The summed E-state index contributed by atoms with van der Waals surface area (Å²) in [5.74, 6) is 2.84. The molecular formula is C17H17N3O3. The molecule has 2 heterocycles. The van der Waals surface area contributed by atoms with Gasteiger partial charge in [0.05, 0.1) is 7.11 Å². The van der Waals surface area contributed by atoms with E-state index in [1.807, 2.05) is 24.3 Å². The summed E-state index contributed by atoms with van der Waals surface area (Å²) < 4.78 is 16.0. The summed E-state index contributed by atoms with van der Waals surface area (Å²) in [6, 6.07) is 7.83. The van der Waals surface area contributed by atoms with Crippen molar-refractivity contribution < 1.29 is 13.8 Å². The van der Waals surface area contributed by atoms with Gasteiger partial charge in [0, 0.05) is 18.4 Å². The van der Waals surface area contributed by atoms with Crippen LogP contribution in [-0.4, -0.2) is 22.4 Å². The number of nitrogens with zero attached hydrogens (tertiary/aromatic N) is 3. The predicted octanol–water partition coefficient (Wildman–Crippen LogP) is 3.20. The van der Waals surface area contributed by atoms with Crippen LogP contribution in [0.2, 0.25) is 0 Å². The van der Waals surface area contributed by atoms with Crippen molar-refractivity contribution in [2.75, 3.05) is 7.11 Å². The van der Waals surface area contributed by atoms with Crippen LogP contribution < -0.4 is 4.74 Å². The van der Waals surface area contributed by atoms with Gasteiger partial charge in [0.2, 0.25) is 0 Å². The number of hydrogen-bond acceptors (Lipinski definition) is 6. The molecule has 1 aliphatic carbocycles. The van der Waals surface area contributed by atoms with Crippen molar-refractivity contribution in [3.8, 4) is 17.3 Å². The SMILES string of the molecule is COc1cccc(Cc2noc(-c3noc4c3CCCC4)n2)c1. The zero-order valence-electron chi connectivity index (χ0n) is 12.9. The van der Waals surface area contributed by atoms with Crippen molar-refractivity contribution in [3.05, 3.63) is 47.0 Å². The van der Waals surface area contributed by atoms with Gasteiger partial charge in [-0.25, -0.2) is 0 Å². The third kappa shape index (κ3) is 2.72. The van der Waals surface area contributed by atoms with Gasteiger partial charge in [0.15, 0.2) is 11.5 Å². The molecule has 2 aromatic heterocycles. The fraction of sp³-hybridized carbons (Fsp3) is 0.353.